The van der Waals surface area contributed by atoms with Gasteiger partial charge in [0, 0.05) is 12.1 Å². The molecule has 0 aromatic heterocycles. The molecule has 1 fully saturated rings. The van der Waals surface area contributed by atoms with Crippen molar-refractivity contribution in [3.63, 3.8) is 0 Å². The zero-order valence-corrected chi connectivity index (χ0v) is 10.8. The highest BCUT2D eigenvalue weighted by Crippen LogP contribution is 2.16. The van der Waals surface area contributed by atoms with E-state index in [4.69, 9.17) is 12.2 Å². The SMILES string of the molecule is CCCN1C(=O)C(=Cc2ccccc2F)NC1=S. The van der Waals surface area contributed by atoms with E-state index in [1.165, 1.54) is 17.0 Å². The lowest BCUT2D eigenvalue weighted by atomic mass is 10.2. The van der Waals surface area contributed by atoms with Crippen molar-refractivity contribution in [2.75, 3.05) is 6.54 Å². The molecule has 0 bridgehead atoms. The van der Waals surface area contributed by atoms with Crippen molar-refractivity contribution in [2.24, 2.45) is 0 Å². The Balaban J connectivity index is 2.28. The predicted molar refractivity (Wildman–Crippen MR) is 72.1 cm³/mol. The van der Waals surface area contributed by atoms with Gasteiger partial charge in [-0.3, -0.25) is 9.69 Å². The third kappa shape index (κ3) is 2.41. The topological polar surface area (TPSA) is 32.3 Å². The van der Waals surface area contributed by atoms with Gasteiger partial charge < -0.3 is 5.32 Å². The number of carbonyl (C=O) groups is 1. The van der Waals surface area contributed by atoms with Crippen LogP contribution in [0.3, 0.4) is 0 Å². The second-order valence-electron chi connectivity index (χ2n) is 3.97. The van der Waals surface area contributed by atoms with Crippen molar-refractivity contribution in [1.82, 2.24) is 10.2 Å². The number of amides is 1. The Bertz CT molecular complexity index is 527. The summed E-state index contributed by atoms with van der Waals surface area (Å²) in [6.07, 6.45) is 2.31. The molecule has 1 aromatic rings. The molecule has 0 atom stereocenters. The molecule has 0 radical (unpaired) electrons. The number of thiocarbonyl (C=S) groups is 1. The second-order valence-corrected chi connectivity index (χ2v) is 4.35. The Hall–Kier alpha value is -1.75. The van der Waals surface area contributed by atoms with Crippen LogP contribution < -0.4 is 5.32 Å². The van der Waals surface area contributed by atoms with Crippen molar-refractivity contribution < 1.29 is 9.18 Å². The van der Waals surface area contributed by atoms with E-state index < -0.39 is 0 Å². The van der Waals surface area contributed by atoms with Crippen LogP contribution in [0.15, 0.2) is 30.0 Å². The summed E-state index contributed by atoms with van der Waals surface area (Å²) in [6, 6.07) is 6.29. The largest absolute Gasteiger partial charge is 0.328 e. The first-order valence-electron chi connectivity index (χ1n) is 5.72. The van der Waals surface area contributed by atoms with E-state index in [9.17, 15) is 9.18 Å². The van der Waals surface area contributed by atoms with E-state index in [1.54, 1.807) is 18.2 Å². The fourth-order valence-corrected chi connectivity index (χ4v) is 2.03. The van der Waals surface area contributed by atoms with Crippen LogP contribution in [0.1, 0.15) is 18.9 Å². The summed E-state index contributed by atoms with van der Waals surface area (Å²) >= 11 is 5.07. The highest BCUT2D eigenvalue weighted by atomic mass is 32.1. The molecule has 1 aliphatic rings. The second kappa shape index (κ2) is 5.27. The first-order chi connectivity index (χ1) is 8.63. The summed E-state index contributed by atoms with van der Waals surface area (Å²) < 4.78 is 13.5. The van der Waals surface area contributed by atoms with Crippen LogP contribution in [-0.2, 0) is 4.79 Å². The average molecular weight is 264 g/mol. The minimum atomic E-state index is -0.362. The maximum atomic E-state index is 13.5. The van der Waals surface area contributed by atoms with Crippen molar-refractivity contribution in [2.45, 2.75) is 13.3 Å². The molecular formula is C13H13FN2OS. The normalized spacial score (nSPS) is 17.4. The van der Waals surface area contributed by atoms with Crippen molar-refractivity contribution in [3.05, 3.63) is 41.3 Å². The number of nitrogens with one attached hydrogen (secondary N) is 1. The number of rotatable bonds is 3. The molecule has 1 heterocycles. The number of benzene rings is 1. The molecule has 1 saturated heterocycles. The fourth-order valence-electron chi connectivity index (χ4n) is 1.75. The Morgan fingerprint density at radius 2 is 2.17 bits per heavy atom. The smallest absolute Gasteiger partial charge is 0.276 e. The van der Waals surface area contributed by atoms with Crippen molar-refractivity contribution in [3.8, 4) is 0 Å². The molecule has 94 valence electrons. The molecule has 18 heavy (non-hydrogen) atoms. The molecule has 1 amide bonds. The maximum absolute atomic E-state index is 13.5. The Labute approximate surface area is 110 Å². The molecular weight excluding hydrogens is 251 g/mol. The van der Waals surface area contributed by atoms with Crippen LogP contribution in [0.2, 0.25) is 0 Å². The minimum Gasteiger partial charge on any atom is -0.328 e. The number of hydrogen-bond donors (Lipinski definition) is 1. The van der Waals surface area contributed by atoms with Gasteiger partial charge in [0.1, 0.15) is 11.5 Å². The molecule has 1 N–H and O–H groups in total. The Morgan fingerprint density at radius 1 is 1.44 bits per heavy atom. The molecule has 0 spiro atoms. The molecule has 0 unspecified atom stereocenters. The quantitative estimate of drug-likeness (QED) is 0.671. The maximum Gasteiger partial charge on any atom is 0.276 e. The summed E-state index contributed by atoms with van der Waals surface area (Å²) in [6.45, 7) is 2.54. The van der Waals surface area contributed by atoms with Crippen LogP contribution in [0.25, 0.3) is 6.08 Å². The summed E-state index contributed by atoms with van der Waals surface area (Å²) in [7, 11) is 0. The molecule has 0 saturated carbocycles. The van der Waals surface area contributed by atoms with Gasteiger partial charge in [0.2, 0.25) is 0 Å². The van der Waals surface area contributed by atoms with Gasteiger partial charge in [-0.15, -0.1) is 0 Å². The third-order valence-corrected chi connectivity index (χ3v) is 2.94. The van der Waals surface area contributed by atoms with E-state index >= 15 is 0 Å². The Kier molecular flexibility index (Phi) is 3.72. The van der Waals surface area contributed by atoms with Gasteiger partial charge >= 0.3 is 0 Å². The highest BCUT2D eigenvalue weighted by molar-refractivity contribution is 7.80. The number of halogens is 1. The lowest BCUT2D eigenvalue weighted by molar-refractivity contribution is -0.122. The lowest BCUT2D eigenvalue weighted by Crippen LogP contribution is -2.31. The van der Waals surface area contributed by atoms with Gasteiger partial charge in [0.05, 0.1) is 0 Å². The van der Waals surface area contributed by atoms with Gasteiger partial charge in [0.25, 0.3) is 5.91 Å². The molecule has 3 nitrogen and oxygen atoms in total. The summed E-state index contributed by atoms with van der Waals surface area (Å²) in [5, 5.41) is 3.20. The standard InChI is InChI=1S/C13H13FN2OS/c1-2-7-16-12(17)11(15-13(16)18)8-9-5-3-4-6-10(9)14/h3-6,8H,2,7H2,1H3,(H,15,18). The van der Waals surface area contributed by atoms with Crippen LogP contribution in [0.5, 0.6) is 0 Å². The Morgan fingerprint density at radius 3 is 2.83 bits per heavy atom. The lowest BCUT2D eigenvalue weighted by Gasteiger charge is -2.11. The van der Waals surface area contributed by atoms with E-state index in [1.807, 2.05) is 6.92 Å². The van der Waals surface area contributed by atoms with Gasteiger partial charge in [0.15, 0.2) is 5.11 Å². The van der Waals surface area contributed by atoms with Crippen LogP contribution in [0, 0.1) is 5.82 Å². The summed E-state index contributed by atoms with van der Waals surface area (Å²) in [4.78, 5) is 13.5. The zero-order chi connectivity index (χ0) is 13.1. The number of carbonyl (C=O) groups excluding carboxylic acids is 1. The van der Waals surface area contributed by atoms with E-state index in [-0.39, 0.29) is 11.7 Å². The van der Waals surface area contributed by atoms with Crippen molar-refractivity contribution >= 4 is 29.3 Å². The van der Waals surface area contributed by atoms with Gasteiger partial charge in [-0.2, -0.15) is 0 Å². The van der Waals surface area contributed by atoms with Crippen LogP contribution >= 0.6 is 12.2 Å². The average Bonchev–Trinajstić information content (AvgIpc) is 2.60. The zero-order valence-electron chi connectivity index (χ0n) is 9.94. The molecule has 1 aromatic carbocycles. The first-order valence-corrected chi connectivity index (χ1v) is 6.13. The van der Waals surface area contributed by atoms with E-state index in [0.717, 1.165) is 6.42 Å². The third-order valence-electron chi connectivity index (χ3n) is 2.61. The number of hydrogen-bond acceptors (Lipinski definition) is 2. The first kappa shape index (κ1) is 12.7. The molecule has 2 rings (SSSR count). The van der Waals surface area contributed by atoms with Gasteiger partial charge in [-0.1, -0.05) is 25.1 Å². The summed E-state index contributed by atoms with van der Waals surface area (Å²) in [5.74, 6) is -0.565. The predicted octanol–water partition coefficient (Wildman–Crippen LogP) is 2.29. The summed E-state index contributed by atoms with van der Waals surface area (Å²) in [5.41, 5.74) is 0.688. The molecule has 1 aliphatic heterocycles. The van der Waals surface area contributed by atoms with Gasteiger partial charge in [-0.05, 0) is 30.8 Å². The van der Waals surface area contributed by atoms with E-state index in [2.05, 4.69) is 5.32 Å². The molecule has 5 heteroatoms. The van der Waals surface area contributed by atoms with Crippen molar-refractivity contribution in [1.29, 1.82) is 0 Å². The van der Waals surface area contributed by atoms with Crippen LogP contribution in [-0.4, -0.2) is 22.5 Å². The van der Waals surface area contributed by atoms with E-state index in [0.29, 0.717) is 22.9 Å². The molecule has 0 aliphatic carbocycles. The number of nitrogens with zero attached hydrogens (tertiary/aromatic N) is 1. The highest BCUT2D eigenvalue weighted by Gasteiger charge is 2.29. The fraction of sp³-hybridized carbons (Fsp3) is 0.231. The minimum absolute atomic E-state index is 0.204. The van der Waals surface area contributed by atoms with Crippen LogP contribution in [0.4, 0.5) is 4.39 Å². The monoisotopic (exact) mass is 264 g/mol. The van der Waals surface area contributed by atoms with Gasteiger partial charge in [-0.25, -0.2) is 4.39 Å².